The van der Waals surface area contributed by atoms with Gasteiger partial charge in [-0.1, -0.05) is 23.9 Å². The molecule has 0 radical (unpaired) electrons. The van der Waals surface area contributed by atoms with Crippen molar-refractivity contribution in [3.63, 3.8) is 0 Å². The highest BCUT2D eigenvalue weighted by molar-refractivity contribution is 8.10. The fraction of sp³-hybridized carbons (Fsp3) is 0.143. The summed E-state index contributed by atoms with van der Waals surface area (Å²) >= 11 is 3.44. The van der Waals surface area contributed by atoms with Crippen LogP contribution in [0.1, 0.15) is 0 Å². The van der Waals surface area contributed by atoms with Crippen LogP contribution in [-0.4, -0.2) is 5.08 Å². The number of hydrogen-bond acceptors (Lipinski definition) is 1. The van der Waals surface area contributed by atoms with Crippen molar-refractivity contribution < 1.29 is 0 Å². The number of thioether (sulfide) groups is 1. The summed E-state index contributed by atoms with van der Waals surface area (Å²) in [6, 6.07) is 8.61. The molecular formula is C7H7S2+. The molecular weight excluding hydrogens is 148 g/mol. The number of hydrogen-bond donors (Lipinski definition) is 0. The summed E-state index contributed by atoms with van der Waals surface area (Å²) in [5.74, 6) is 0. The van der Waals surface area contributed by atoms with Crippen molar-refractivity contribution in [2.24, 2.45) is 0 Å². The van der Waals surface area contributed by atoms with Crippen LogP contribution in [0, 0.1) is 0 Å². The SMILES string of the molecule is c1ccc2c(c1)SC[SH+]2. The Kier molecular flexibility index (Phi) is 1.44. The van der Waals surface area contributed by atoms with Crippen molar-refractivity contribution >= 4 is 23.5 Å². The molecule has 1 aromatic carbocycles. The van der Waals surface area contributed by atoms with E-state index < -0.39 is 0 Å². The molecule has 0 aliphatic carbocycles. The molecule has 0 aromatic heterocycles. The molecule has 2 heteroatoms. The molecule has 0 atom stereocenters. The second kappa shape index (κ2) is 2.27. The largest absolute Gasteiger partial charge is 0.167 e. The van der Waals surface area contributed by atoms with Gasteiger partial charge in [0.1, 0.15) is 0 Å². The minimum atomic E-state index is 1.25. The Labute approximate surface area is 63.0 Å². The summed E-state index contributed by atoms with van der Waals surface area (Å²) < 4.78 is 0. The molecule has 9 heavy (non-hydrogen) atoms. The molecule has 1 aliphatic heterocycles. The first-order valence-electron chi connectivity index (χ1n) is 2.86. The van der Waals surface area contributed by atoms with Crippen LogP contribution in [0.2, 0.25) is 0 Å². The van der Waals surface area contributed by atoms with Gasteiger partial charge in [-0.15, -0.1) is 0 Å². The maximum Gasteiger partial charge on any atom is 0.167 e. The Morgan fingerprint density at radius 3 is 3.11 bits per heavy atom. The van der Waals surface area contributed by atoms with E-state index in [2.05, 4.69) is 24.3 Å². The average molecular weight is 155 g/mol. The van der Waals surface area contributed by atoms with Gasteiger partial charge in [0.25, 0.3) is 0 Å². The summed E-state index contributed by atoms with van der Waals surface area (Å²) in [6.45, 7) is 0. The van der Waals surface area contributed by atoms with Crippen molar-refractivity contribution in [3.8, 4) is 0 Å². The molecule has 0 bridgehead atoms. The van der Waals surface area contributed by atoms with Gasteiger partial charge in [-0.2, -0.15) is 0 Å². The third kappa shape index (κ3) is 0.970. The van der Waals surface area contributed by atoms with E-state index in [4.69, 9.17) is 0 Å². The van der Waals surface area contributed by atoms with E-state index >= 15 is 0 Å². The quantitative estimate of drug-likeness (QED) is 0.407. The van der Waals surface area contributed by atoms with E-state index in [-0.39, 0.29) is 0 Å². The van der Waals surface area contributed by atoms with Crippen LogP contribution in [0.15, 0.2) is 34.1 Å². The molecule has 0 saturated heterocycles. The highest BCUT2D eigenvalue weighted by Crippen LogP contribution is 2.31. The van der Waals surface area contributed by atoms with E-state index in [1.807, 2.05) is 11.8 Å². The van der Waals surface area contributed by atoms with Crippen LogP contribution in [0.5, 0.6) is 0 Å². The van der Waals surface area contributed by atoms with Gasteiger partial charge in [0.2, 0.25) is 0 Å². The number of fused-ring (bicyclic) bond motifs is 1. The number of thiol groups is 1. The van der Waals surface area contributed by atoms with E-state index in [1.54, 1.807) is 0 Å². The number of benzene rings is 1. The summed E-state index contributed by atoms with van der Waals surface area (Å²) in [7, 11) is 0. The third-order valence-corrected chi connectivity index (χ3v) is 3.90. The van der Waals surface area contributed by atoms with Crippen molar-refractivity contribution in [3.05, 3.63) is 24.3 Å². The van der Waals surface area contributed by atoms with Gasteiger partial charge < -0.3 is 0 Å². The van der Waals surface area contributed by atoms with Crippen molar-refractivity contribution in [2.45, 2.75) is 9.79 Å². The zero-order valence-electron chi connectivity index (χ0n) is 4.87. The average Bonchev–Trinajstić information content (AvgIpc) is 2.33. The minimum Gasteiger partial charge on any atom is -0.0669 e. The Morgan fingerprint density at radius 1 is 1.33 bits per heavy atom. The lowest BCUT2D eigenvalue weighted by molar-refractivity contribution is 1.27. The molecule has 0 unspecified atom stereocenters. The monoisotopic (exact) mass is 155 g/mol. The van der Waals surface area contributed by atoms with Gasteiger partial charge in [-0.25, -0.2) is 0 Å². The van der Waals surface area contributed by atoms with Crippen LogP contribution in [0.4, 0.5) is 0 Å². The summed E-state index contributed by atoms with van der Waals surface area (Å²) in [6.07, 6.45) is 0. The van der Waals surface area contributed by atoms with E-state index in [0.717, 1.165) is 0 Å². The van der Waals surface area contributed by atoms with Gasteiger partial charge in [0.15, 0.2) is 9.98 Å². The summed E-state index contributed by atoms with van der Waals surface area (Å²) in [5, 5.41) is 1.25. The lowest BCUT2D eigenvalue weighted by Crippen LogP contribution is -1.73. The molecule has 0 N–H and O–H groups in total. The Morgan fingerprint density at radius 2 is 2.22 bits per heavy atom. The molecule has 46 valence electrons. The smallest absolute Gasteiger partial charge is 0.0669 e. The second-order valence-electron chi connectivity index (χ2n) is 1.90. The van der Waals surface area contributed by atoms with Crippen molar-refractivity contribution in [1.82, 2.24) is 0 Å². The topological polar surface area (TPSA) is 0 Å². The molecule has 1 aromatic rings. The van der Waals surface area contributed by atoms with Crippen LogP contribution in [0.3, 0.4) is 0 Å². The van der Waals surface area contributed by atoms with Crippen LogP contribution < -0.4 is 0 Å². The summed E-state index contributed by atoms with van der Waals surface area (Å²) in [5.41, 5.74) is 0. The highest BCUT2D eigenvalue weighted by Gasteiger charge is 2.17. The van der Waals surface area contributed by atoms with Crippen molar-refractivity contribution in [2.75, 3.05) is 5.08 Å². The molecule has 0 saturated carbocycles. The molecule has 0 spiro atoms. The fourth-order valence-electron chi connectivity index (χ4n) is 0.881. The standard InChI is InChI=1S/C7H6S2/c1-2-4-7-6(3-1)8-5-9-7/h1-4H,5H2/p+1. The Bertz CT molecular complexity index is 197. The van der Waals surface area contributed by atoms with Gasteiger partial charge in [-0.05, 0) is 12.1 Å². The first-order chi connectivity index (χ1) is 4.47. The zero-order valence-corrected chi connectivity index (χ0v) is 6.58. The Balaban J connectivity index is 2.54. The van der Waals surface area contributed by atoms with Gasteiger partial charge in [0.05, 0.1) is 4.90 Å². The number of rotatable bonds is 0. The molecule has 1 heterocycles. The van der Waals surface area contributed by atoms with Gasteiger partial charge in [-0.3, -0.25) is 0 Å². The lowest BCUT2D eigenvalue weighted by Gasteiger charge is -1.84. The normalized spacial score (nSPS) is 15.6. The highest BCUT2D eigenvalue weighted by atomic mass is 32.2. The van der Waals surface area contributed by atoms with E-state index in [9.17, 15) is 0 Å². The maximum absolute atomic E-state index is 2.21. The third-order valence-electron chi connectivity index (χ3n) is 1.32. The van der Waals surface area contributed by atoms with E-state index in [0.29, 0.717) is 0 Å². The lowest BCUT2D eigenvalue weighted by atomic mass is 10.4. The molecule has 2 rings (SSSR count). The van der Waals surface area contributed by atoms with E-state index in [1.165, 1.54) is 26.6 Å². The van der Waals surface area contributed by atoms with Crippen LogP contribution in [-0.2, 0) is 11.8 Å². The van der Waals surface area contributed by atoms with Crippen LogP contribution >= 0.6 is 11.8 Å². The first-order valence-corrected chi connectivity index (χ1v) is 4.93. The minimum absolute atomic E-state index is 1.25. The Hall–Kier alpha value is -0.0800. The van der Waals surface area contributed by atoms with Gasteiger partial charge in [0, 0.05) is 11.8 Å². The molecule has 0 fully saturated rings. The predicted molar refractivity (Wildman–Crippen MR) is 44.2 cm³/mol. The molecule has 1 aliphatic rings. The van der Waals surface area contributed by atoms with Crippen molar-refractivity contribution in [1.29, 1.82) is 0 Å². The fourth-order valence-corrected chi connectivity index (χ4v) is 3.45. The second-order valence-corrected chi connectivity index (χ2v) is 4.46. The van der Waals surface area contributed by atoms with Gasteiger partial charge >= 0.3 is 0 Å². The maximum atomic E-state index is 2.21. The summed E-state index contributed by atoms with van der Waals surface area (Å²) in [4.78, 5) is 2.97. The van der Waals surface area contributed by atoms with Crippen LogP contribution in [0.25, 0.3) is 0 Å². The predicted octanol–water partition coefficient (Wildman–Crippen LogP) is 1.92. The first kappa shape index (κ1) is 5.69. The zero-order chi connectivity index (χ0) is 6.10. The molecule has 0 amide bonds. The molecule has 0 nitrogen and oxygen atoms in total.